The predicted molar refractivity (Wildman–Crippen MR) is 80.6 cm³/mol. The first-order chi connectivity index (χ1) is 9.36. The standard InChI is InChI=1S/C17H13OS.BrH.Zn/c1-18-16-10-8-14(9-11-16)13-4-6-15(7-5-13)17-3-2-12-19-17;;/h2-11H,1H3;1H;/q-1;;+2/p-1. The molecule has 1 nitrogen and oxygen atoms in total. The second-order valence-electron chi connectivity index (χ2n) is 4.22. The van der Waals surface area contributed by atoms with Gasteiger partial charge in [-0.2, -0.15) is 12.1 Å². The monoisotopic (exact) mass is 408 g/mol. The summed E-state index contributed by atoms with van der Waals surface area (Å²) in [4.78, 5) is 1.25. The van der Waals surface area contributed by atoms with Crippen LogP contribution in [-0.2, 0) is 19.5 Å². The summed E-state index contributed by atoms with van der Waals surface area (Å²) in [7, 11) is 1.68. The minimum Gasteiger partial charge on any atom is -1.00 e. The summed E-state index contributed by atoms with van der Waals surface area (Å²) in [5.41, 5.74) is 3.65. The Bertz CT molecular complexity index is 648. The van der Waals surface area contributed by atoms with Crippen LogP contribution in [0.3, 0.4) is 0 Å². The Morgan fingerprint density at radius 3 is 1.81 bits per heavy atom. The molecule has 0 radical (unpaired) electrons. The van der Waals surface area contributed by atoms with Gasteiger partial charge in [0.1, 0.15) is 5.75 Å². The van der Waals surface area contributed by atoms with Crippen molar-refractivity contribution < 1.29 is 41.2 Å². The first-order valence-electron chi connectivity index (χ1n) is 6.07. The first-order valence-corrected chi connectivity index (χ1v) is 6.89. The van der Waals surface area contributed by atoms with Crippen LogP contribution < -0.4 is 21.7 Å². The van der Waals surface area contributed by atoms with Crippen molar-refractivity contribution >= 4 is 11.3 Å². The number of ether oxygens (including phenoxy) is 1. The molecule has 0 unspecified atom stereocenters. The summed E-state index contributed by atoms with van der Waals surface area (Å²) in [6, 6.07) is 20.8. The van der Waals surface area contributed by atoms with E-state index < -0.39 is 0 Å². The molecule has 0 spiro atoms. The van der Waals surface area contributed by atoms with Crippen molar-refractivity contribution in [1.82, 2.24) is 0 Å². The second kappa shape index (κ2) is 8.48. The molecule has 1 aromatic heterocycles. The molecule has 0 saturated heterocycles. The number of methoxy groups -OCH3 is 1. The molecule has 1 heterocycles. The van der Waals surface area contributed by atoms with E-state index in [1.807, 2.05) is 18.2 Å². The molecule has 2 aromatic carbocycles. The molecule has 3 rings (SSSR count). The molecule has 21 heavy (non-hydrogen) atoms. The maximum Gasteiger partial charge on any atom is 2.00 e. The van der Waals surface area contributed by atoms with Gasteiger partial charge in [-0.05, 0) is 23.3 Å². The van der Waals surface area contributed by atoms with Gasteiger partial charge in [0.25, 0.3) is 0 Å². The summed E-state index contributed by atoms with van der Waals surface area (Å²) in [6.45, 7) is 0. The fourth-order valence-corrected chi connectivity index (χ4v) is 2.66. The van der Waals surface area contributed by atoms with Crippen LogP contribution in [-0.4, -0.2) is 7.11 Å². The van der Waals surface area contributed by atoms with Crippen molar-refractivity contribution in [3.05, 3.63) is 66.0 Å². The number of benzene rings is 2. The van der Waals surface area contributed by atoms with E-state index >= 15 is 0 Å². The number of hydrogen-bond donors (Lipinski definition) is 0. The van der Waals surface area contributed by atoms with E-state index in [2.05, 4.69) is 47.8 Å². The van der Waals surface area contributed by atoms with Crippen LogP contribution >= 0.6 is 11.3 Å². The van der Waals surface area contributed by atoms with Gasteiger partial charge in [0.2, 0.25) is 0 Å². The number of thiophene rings is 1. The van der Waals surface area contributed by atoms with Gasteiger partial charge in [0.05, 0.1) is 7.11 Å². The number of rotatable bonds is 3. The van der Waals surface area contributed by atoms with Crippen molar-refractivity contribution in [2.75, 3.05) is 7.11 Å². The van der Waals surface area contributed by atoms with Crippen LogP contribution in [0, 0.1) is 5.38 Å². The smallest absolute Gasteiger partial charge is 1.00 e. The van der Waals surface area contributed by atoms with Crippen molar-refractivity contribution in [2.45, 2.75) is 0 Å². The molecule has 0 saturated carbocycles. The molecule has 0 atom stereocenters. The molecule has 0 aliphatic rings. The summed E-state index contributed by atoms with van der Waals surface area (Å²) in [5.74, 6) is 0.884. The van der Waals surface area contributed by atoms with Crippen LogP contribution in [0.15, 0.2) is 60.7 Å². The van der Waals surface area contributed by atoms with Gasteiger partial charge < -0.3 is 21.7 Å². The van der Waals surface area contributed by atoms with E-state index in [0.29, 0.717) is 0 Å². The molecular formula is C17H13BrOSZn. The second-order valence-corrected chi connectivity index (χ2v) is 5.10. The topological polar surface area (TPSA) is 9.23 Å². The number of halogens is 1. The Labute approximate surface area is 152 Å². The van der Waals surface area contributed by atoms with Crippen LogP contribution in [0.25, 0.3) is 21.6 Å². The summed E-state index contributed by atoms with van der Waals surface area (Å²) in [6.07, 6.45) is 0. The van der Waals surface area contributed by atoms with Crippen LogP contribution in [0.4, 0.5) is 0 Å². The molecule has 0 amide bonds. The summed E-state index contributed by atoms with van der Waals surface area (Å²) >= 11 is 1.64. The Morgan fingerprint density at radius 1 is 0.810 bits per heavy atom. The van der Waals surface area contributed by atoms with E-state index in [-0.39, 0.29) is 36.5 Å². The zero-order valence-corrected chi connectivity index (χ0v) is 17.0. The van der Waals surface area contributed by atoms with Gasteiger partial charge in [-0.1, -0.05) is 42.0 Å². The van der Waals surface area contributed by atoms with E-state index in [4.69, 9.17) is 4.74 Å². The minimum absolute atomic E-state index is 0. The zero-order valence-electron chi connectivity index (χ0n) is 11.7. The molecule has 0 aliphatic heterocycles. The van der Waals surface area contributed by atoms with Gasteiger partial charge in [-0.25, -0.2) is 0 Å². The minimum atomic E-state index is 0. The maximum atomic E-state index is 5.17. The van der Waals surface area contributed by atoms with E-state index in [1.54, 1.807) is 18.4 Å². The summed E-state index contributed by atoms with van der Waals surface area (Å²) in [5, 5.41) is 3.11. The average molecular weight is 411 g/mol. The maximum absolute atomic E-state index is 5.17. The largest absolute Gasteiger partial charge is 2.00 e. The van der Waals surface area contributed by atoms with Crippen LogP contribution in [0.5, 0.6) is 5.75 Å². The molecule has 102 valence electrons. The average Bonchev–Trinajstić information content (AvgIpc) is 3.02. The van der Waals surface area contributed by atoms with Crippen molar-refractivity contribution in [1.29, 1.82) is 0 Å². The van der Waals surface area contributed by atoms with Crippen molar-refractivity contribution in [3.8, 4) is 27.3 Å². The Balaban J connectivity index is 0.00000110. The third-order valence-corrected chi connectivity index (χ3v) is 3.91. The van der Waals surface area contributed by atoms with Gasteiger partial charge in [-0.3, -0.25) is 11.3 Å². The Morgan fingerprint density at radius 2 is 1.33 bits per heavy atom. The zero-order chi connectivity index (χ0) is 13.1. The van der Waals surface area contributed by atoms with Crippen LogP contribution in [0.2, 0.25) is 0 Å². The fourth-order valence-electron chi connectivity index (χ4n) is 2.01. The Kier molecular flexibility index (Phi) is 7.30. The van der Waals surface area contributed by atoms with Gasteiger partial charge in [0, 0.05) is 0 Å². The van der Waals surface area contributed by atoms with Gasteiger partial charge in [-0.15, -0.1) is 10.3 Å². The fraction of sp³-hybridized carbons (Fsp3) is 0.0588. The predicted octanol–water partition coefficient (Wildman–Crippen LogP) is 1.89. The molecular weight excluding hydrogens is 398 g/mol. The molecule has 0 N–H and O–H groups in total. The summed E-state index contributed by atoms with van der Waals surface area (Å²) < 4.78 is 5.17. The molecule has 4 heteroatoms. The first kappa shape index (κ1) is 18.1. The molecule has 3 aromatic rings. The third-order valence-electron chi connectivity index (χ3n) is 3.06. The quantitative estimate of drug-likeness (QED) is 0.473. The molecule has 0 fully saturated rings. The van der Waals surface area contributed by atoms with Gasteiger partial charge >= 0.3 is 19.5 Å². The van der Waals surface area contributed by atoms with Crippen LogP contribution in [0.1, 0.15) is 0 Å². The van der Waals surface area contributed by atoms with E-state index in [9.17, 15) is 0 Å². The Hall–Kier alpha value is -0.957. The SMILES string of the molecule is COc1ccc(-c2ccc(-c3cc[c-]s3)cc2)cc1.[Br-].[Zn+2]. The van der Waals surface area contributed by atoms with Crippen molar-refractivity contribution in [2.24, 2.45) is 0 Å². The number of hydrogen-bond acceptors (Lipinski definition) is 2. The van der Waals surface area contributed by atoms with E-state index in [0.717, 1.165) is 5.75 Å². The normalized spacial score (nSPS) is 9.38. The van der Waals surface area contributed by atoms with Gasteiger partial charge in [0.15, 0.2) is 0 Å². The van der Waals surface area contributed by atoms with Crippen molar-refractivity contribution in [3.63, 3.8) is 0 Å². The molecule has 0 aliphatic carbocycles. The van der Waals surface area contributed by atoms with E-state index in [1.165, 1.54) is 21.6 Å². The third kappa shape index (κ3) is 4.26. The molecule has 0 bridgehead atoms.